The maximum absolute atomic E-state index is 11.5. The molecule has 152 valence electrons. The van der Waals surface area contributed by atoms with Crippen LogP contribution in [0.5, 0.6) is 0 Å². The Morgan fingerprint density at radius 3 is 2.76 bits per heavy atom. The Morgan fingerprint density at radius 2 is 2.17 bits per heavy atom. The van der Waals surface area contributed by atoms with E-state index >= 15 is 0 Å². The Labute approximate surface area is 173 Å². The van der Waals surface area contributed by atoms with Crippen molar-refractivity contribution in [2.75, 3.05) is 0 Å². The molecule has 4 rings (SSSR count). The number of nitrogens with zero attached hydrogens (tertiary/aromatic N) is 6. The summed E-state index contributed by atoms with van der Waals surface area (Å²) in [4.78, 5) is 11.7. The van der Waals surface area contributed by atoms with Crippen LogP contribution in [0.25, 0.3) is 0 Å². The van der Waals surface area contributed by atoms with Crippen LogP contribution < -0.4 is 0 Å². The molecule has 2 saturated carbocycles. The van der Waals surface area contributed by atoms with E-state index in [0.29, 0.717) is 21.5 Å². The van der Waals surface area contributed by atoms with Gasteiger partial charge in [-0.1, -0.05) is 26.8 Å². The van der Waals surface area contributed by atoms with Gasteiger partial charge in [-0.3, -0.25) is 10.1 Å². The highest BCUT2D eigenvalue weighted by molar-refractivity contribution is 7.99. The predicted molar refractivity (Wildman–Crippen MR) is 112 cm³/mol. The van der Waals surface area contributed by atoms with Gasteiger partial charge in [0, 0.05) is 29.8 Å². The number of fused-ring (bicyclic) bond motifs is 2. The van der Waals surface area contributed by atoms with Crippen molar-refractivity contribution in [1.82, 2.24) is 14.8 Å². The number of rotatable bonds is 5. The third kappa shape index (κ3) is 3.27. The average Bonchev–Trinajstić information content (AvgIpc) is 3.23. The number of nitro groups is 1. The lowest BCUT2D eigenvalue weighted by atomic mass is 9.70. The van der Waals surface area contributed by atoms with Crippen LogP contribution >= 0.6 is 11.8 Å². The van der Waals surface area contributed by atoms with E-state index in [1.807, 2.05) is 6.07 Å². The average molecular weight is 413 g/mol. The second kappa shape index (κ2) is 7.05. The molecule has 2 aliphatic rings. The summed E-state index contributed by atoms with van der Waals surface area (Å²) in [5.74, 6) is 0.666. The van der Waals surface area contributed by atoms with Crippen molar-refractivity contribution in [2.24, 2.45) is 34.0 Å². The highest BCUT2D eigenvalue weighted by Gasteiger charge is 2.59. The van der Waals surface area contributed by atoms with Gasteiger partial charge in [0.15, 0.2) is 5.16 Å². The van der Waals surface area contributed by atoms with Crippen LogP contribution in [0.4, 0.5) is 5.69 Å². The molecular formula is C20H24N6O2S. The molecule has 0 aliphatic heterocycles. The summed E-state index contributed by atoms with van der Waals surface area (Å²) in [5.41, 5.74) is 2.16. The topological polar surface area (TPSA) is 98.6 Å². The highest BCUT2D eigenvalue weighted by atomic mass is 32.2. The zero-order valence-electron chi connectivity index (χ0n) is 17.0. The van der Waals surface area contributed by atoms with Crippen LogP contribution in [0.15, 0.2) is 44.8 Å². The number of nitro benzene ring substituents is 1. The van der Waals surface area contributed by atoms with E-state index < -0.39 is 0 Å². The number of hydrogen-bond acceptors (Lipinski definition) is 7. The van der Waals surface area contributed by atoms with Crippen molar-refractivity contribution in [1.29, 1.82) is 0 Å². The van der Waals surface area contributed by atoms with Gasteiger partial charge in [0.25, 0.3) is 5.69 Å². The number of aromatic nitrogens is 3. The first kappa shape index (κ1) is 19.8. The second-order valence-electron chi connectivity index (χ2n) is 8.60. The molecule has 0 unspecified atom stereocenters. The second-order valence-corrected chi connectivity index (χ2v) is 9.60. The van der Waals surface area contributed by atoms with E-state index in [2.05, 4.69) is 41.2 Å². The van der Waals surface area contributed by atoms with Gasteiger partial charge in [-0.05, 0) is 48.4 Å². The van der Waals surface area contributed by atoms with E-state index in [9.17, 15) is 10.1 Å². The van der Waals surface area contributed by atoms with E-state index in [1.54, 1.807) is 30.2 Å². The van der Waals surface area contributed by atoms with Crippen LogP contribution in [0.3, 0.4) is 0 Å². The summed E-state index contributed by atoms with van der Waals surface area (Å²) in [5, 5.41) is 28.7. The zero-order chi connectivity index (χ0) is 20.8. The fourth-order valence-corrected chi connectivity index (χ4v) is 5.40. The van der Waals surface area contributed by atoms with Crippen molar-refractivity contribution in [3.63, 3.8) is 0 Å². The minimum absolute atomic E-state index is 0.0163. The monoisotopic (exact) mass is 412 g/mol. The molecule has 0 amide bonds. The fourth-order valence-electron chi connectivity index (χ4n) is 4.55. The lowest BCUT2D eigenvalue weighted by Gasteiger charge is -2.34. The molecule has 2 aromatic rings. The molecule has 29 heavy (non-hydrogen) atoms. The predicted octanol–water partition coefficient (Wildman–Crippen LogP) is 4.50. The first-order valence-corrected chi connectivity index (χ1v) is 10.4. The quantitative estimate of drug-likeness (QED) is 0.409. The van der Waals surface area contributed by atoms with Crippen LogP contribution in [-0.4, -0.2) is 31.6 Å². The van der Waals surface area contributed by atoms with Gasteiger partial charge in [-0.25, -0.2) is 0 Å². The molecule has 0 N–H and O–H groups in total. The number of hydrogen-bond donors (Lipinski definition) is 0. The Morgan fingerprint density at radius 1 is 1.38 bits per heavy atom. The molecule has 0 saturated heterocycles. The summed E-state index contributed by atoms with van der Waals surface area (Å²) >= 11 is 1.21. The smallest absolute Gasteiger partial charge is 0.283 e. The van der Waals surface area contributed by atoms with Crippen molar-refractivity contribution in [3.05, 3.63) is 40.2 Å². The molecule has 2 atom stereocenters. The number of benzene rings is 1. The zero-order valence-corrected chi connectivity index (χ0v) is 17.8. The fraction of sp³-hybridized carbons (Fsp3) is 0.500. The Hall–Kier alpha value is -2.55. The Balaban J connectivity index is 1.56. The molecule has 9 heteroatoms. The SMILES string of the molecule is Cn1cnnc1Sc1ccc(/C=N\N=C2\C[C@@H]3CC[C@]2(C)C3(C)C)cc1[N+](=O)[O-]. The maximum Gasteiger partial charge on any atom is 0.283 e. The third-order valence-corrected chi connectivity index (χ3v) is 8.07. The van der Waals surface area contributed by atoms with Crippen LogP contribution in [0, 0.1) is 26.9 Å². The first-order valence-electron chi connectivity index (χ1n) is 9.63. The molecule has 0 radical (unpaired) electrons. The minimum Gasteiger partial charge on any atom is -0.311 e. The lowest BCUT2D eigenvalue weighted by Crippen LogP contribution is -2.32. The van der Waals surface area contributed by atoms with E-state index in [0.717, 1.165) is 18.6 Å². The highest BCUT2D eigenvalue weighted by Crippen LogP contribution is 2.64. The van der Waals surface area contributed by atoms with Gasteiger partial charge in [-0.15, -0.1) is 10.2 Å². The minimum atomic E-state index is -0.387. The summed E-state index contributed by atoms with van der Waals surface area (Å²) in [6.45, 7) is 6.94. The van der Waals surface area contributed by atoms with E-state index in [4.69, 9.17) is 0 Å². The van der Waals surface area contributed by atoms with Crippen LogP contribution in [0.2, 0.25) is 0 Å². The van der Waals surface area contributed by atoms with Crippen LogP contribution in [-0.2, 0) is 7.05 Å². The summed E-state index contributed by atoms with van der Waals surface area (Å²) in [6.07, 6.45) is 6.56. The molecule has 2 bridgehead atoms. The Kier molecular flexibility index (Phi) is 4.80. The molecular weight excluding hydrogens is 388 g/mol. The Bertz CT molecular complexity index is 1030. The van der Waals surface area contributed by atoms with Gasteiger partial charge < -0.3 is 4.57 Å². The molecule has 1 aromatic carbocycles. The van der Waals surface area contributed by atoms with Gasteiger partial charge in [0.05, 0.1) is 16.0 Å². The summed E-state index contributed by atoms with van der Waals surface area (Å²) in [6, 6.07) is 5.05. The lowest BCUT2D eigenvalue weighted by molar-refractivity contribution is -0.387. The molecule has 1 heterocycles. The van der Waals surface area contributed by atoms with E-state index in [-0.39, 0.29) is 21.4 Å². The molecule has 2 fully saturated rings. The standard InChI is InChI=1S/C20H24N6O2S/c1-19(2)14-7-8-20(19,3)17(10-14)23-21-11-13-5-6-16(15(9-13)26(27)28)29-18-24-22-12-25(18)4/h5-6,9,11-12,14H,7-8,10H2,1-4H3/b21-11-,23-17-/t14-,20-/m0/s1. The van der Waals surface area contributed by atoms with Gasteiger partial charge in [0.1, 0.15) is 6.33 Å². The van der Waals surface area contributed by atoms with Crippen molar-refractivity contribution >= 4 is 29.4 Å². The molecule has 2 aliphatic carbocycles. The normalized spacial score (nSPS) is 26.6. The van der Waals surface area contributed by atoms with Crippen molar-refractivity contribution < 1.29 is 4.92 Å². The van der Waals surface area contributed by atoms with Crippen LogP contribution in [0.1, 0.15) is 45.6 Å². The summed E-state index contributed by atoms with van der Waals surface area (Å²) < 4.78 is 1.72. The van der Waals surface area contributed by atoms with Gasteiger partial charge >= 0.3 is 0 Å². The molecule has 8 nitrogen and oxygen atoms in total. The first-order chi connectivity index (χ1) is 13.7. The number of aryl methyl sites for hydroxylation is 1. The van der Waals surface area contributed by atoms with Gasteiger partial charge in [-0.2, -0.15) is 10.2 Å². The molecule has 0 spiro atoms. The largest absolute Gasteiger partial charge is 0.311 e. The van der Waals surface area contributed by atoms with Gasteiger partial charge in [0.2, 0.25) is 0 Å². The summed E-state index contributed by atoms with van der Waals surface area (Å²) in [7, 11) is 1.80. The van der Waals surface area contributed by atoms with Crippen molar-refractivity contribution in [3.8, 4) is 0 Å². The maximum atomic E-state index is 11.5. The van der Waals surface area contributed by atoms with E-state index in [1.165, 1.54) is 24.2 Å². The third-order valence-electron chi connectivity index (χ3n) is 6.95. The molecule has 1 aromatic heterocycles. The van der Waals surface area contributed by atoms with Crippen molar-refractivity contribution in [2.45, 2.75) is 50.1 Å².